The van der Waals surface area contributed by atoms with Crippen molar-refractivity contribution < 1.29 is 19.2 Å². The van der Waals surface area contributed by atoms with Gasteiger partial charge < -0.3 is 14.4 Å². The normalized spacial score (nSPS) is 25.5. The van der Waals surface area contributed by atoms with Gasteiger partial charge in [-0.2, -0.15) is 0 Å². The van der Waals surface area contributed by atoms with Crippen LogP contribution >= 0.6 is 23.2 Å². The highest BCUT2D eigenvalue weighted by molar-refractivity contribution is 6.39. The number of likely N-dealkylation sites (tertiary alicyclic amines) is 1. The summed E-state index contributed by atoms with van der Waals surface area (Å²) in [7, 11) is 0. The molecule has 0 bridgehead atoms. The van der Waals surface area contributed by atoms with Gasteiger partial charge in [-0.1, -0.05) is 34.4 Å². The van der Waals surface area contributed by atoms with Gasteiger partial charge in [0.15, 0.2) is 0 Å². The molecule has 2 atom stereocenters. The summed E-state index contributed by atoms with van der Waals surface area (Å²) >= 11 is 12.7. The van der Waals surface area contributed by atoms with Crippen molar-refractivity contribution >= 4 is 29.2 Å². The van der Waals surface area contributed by atoms with Crippen molar-refractivity contribution in [2.45, 2.75) is 19.9 Å². The molecule has 4 rings (SSSR count). The number of hydrogen-bond acceptors (Lipinski definition) is 5. The molecule has 2 aromatic rings. The topological polar surface area (TPSA) is 75.8 Å². The molecule has 2 fully saturated rings. The van der Waals surface area contributed by atoms with Gasteiger partial charge in [0.2, 0.25) is 0 Å². The molecule has 2 saturated heterocycles. The molecule has 0 unspecified atom stereocenters. The molecule has 2 aliphatic rings. The lowest BCUT2D eigenvalue weighted by atomic mass is 9.76. The number of ether oxygens (including phenoxy) is 1. The summed E-state index contributed by atoms with van der Waals surface area (Å²) in [6.45, 7) is 4.38. The summed E-state index contributed by atoms with van der Waals surface area (Å²) in [6.07, 6.45) is 0.759. The standard InChI is InChI=1S/C19H20Cl2N2O4/c1-11-13(17(22-27-11)16-14(20)3-2-4-15(16)21)8-23-7-12-5-6-26-10-19(12,9-23)18(24)25/h2-4,12H,5-10H2,1H3,(H,24,25)/t12-,19+/m0/s1. The van der Waals surface area contributed by atoms with E-state index >= 15 is 0 Å². The van der Waals surface area contributed by atoms with Crippen LogP contribution < -0.4 is 0 Å². The number of aliphatic carboxylic acids is 1. The van der Waals surface area contributed by atoms with E-state index in [1.165, 1.54) is 0 Å². The zero-order chi connectivity index (χ0) is 19.2. The van der Waals surface area contributed by atoms with E-state index in [-0.39, 0.29) is 12.5 Å². The largest absolute Gasteiger partial charge is 0.481 e. The number of carboxylic acid groups (broad SMARTS) is 1. The van der Waals surface area contributed by atoms with Crippen LogP contribution in [0.25, 0.3) is 11.3 Å². The molecule has 1 aromatic heterocycles. The van der Waals surface area contributed by atoms with Crippen LogP contribution in [0.15, 0.2) is 22.7 Å². The number of carboxylic acids is 1. The third kappa shape index (κ3) is 3.14. The molecule has 3 heterocycles. The van der Waals surface area contributed by atoms with Gasteiger partial charge in [-0.25, -0.2) is 0 Å². The second-order valence-corrected chi connectivity index (χ2v) is 8.15. The molecular weight excluding hydrogens is 391 g/mol. The first-order valence-electron chi connectivity index (χ1n) is 8.85. The first kappa shape index (κ1) is 18.7. The Hall–Kier alpha value is -1.60. The Morgan fingerprint density at radius 3 is 2.81 bits per heavy atom. The molecule has 0 amide bonds. The number of hydrogen-bond donors (Lipinski definition) is 1. The zero-order valence-corrected chi connectivity index (χ0v) is 16.4. The van der Waals surface area contributed by atoms with Crippen LogP contribution in [0, 0.1) is 18.3 Å². The van der Waals surface area contributed by atoms with E-state index in [1.807, 2.05) is 6.92 Å². The Kier molecular flexibility index (Phi) is 4.93. The highest BCUT2D eigenvalue weighted by Crippen LogP contribution is 2.43. The Bertz CT molecular complexity index is 864. The molecular formula is C19H20Cl2N2O4. The van der Waals surface area contributed by atoms with Crippen LogP contribution in [-0.4, -0.2) is 47.4 Å². The first-order valence-corrected chi connectivity index (χ1v) is 9.61. The van der Waals surface area contributed by atoms with Crippen molar-refractivity contribution in [3.63, 3.8) is 0 Å². The molecule has 1 aromatic carbocycles. The quantitative estimate of drug-likeness (QED) is 0.823. The smallest absolute Gasteiger partial charge is 0.313 e. The van der Waals surface area contributed by atoms with Crippen LogP contribution in [0.2, 0.25) is 10.0 Å². The Morgan fingerprint density at radius 2 is 2.15 bits per heavy atom. The van der Waals surface area contributed by atoms with Gasteiger partial charge in [0, 0.05) is 37.4 Å². The van der Waals surface area contributed by atoms with Crippen molar-refractivity contribution in [1.82, 2.24) is 10.1 Å². The predicted octanol–water partition coefficient (Wildman–Crippen LogP) is 3.88. The average molecular weight is 411 g/mol. The summed E-state index contributed by atoms with van der Waals surface area (Å²) in [5.74, 6) is -0.0288. The number of fused-ring (bicyclic) bond motifs is 1. The van der Waals surface area contributed by atoms with Gasteiger partial charge in [0.1, 0.15) is 16.9 Å². The van der Waals surface area contributed by atoms with Crippen molar-refractivity contribution in [2.75, 3.05) is 26.3 Å². The van der Waals surface area contributed by atoms with Gasteiger partial charge in [-0.3, -0.25) is 9.69 Å². The van der Waals surface area contributed by atoms with E-state index in [9.17, 15) is 9.90 Å². The van der Waals surface area contributed by atoms with E-state index in [1.54, 1.807) is 18.2 Å². The second-order valence-electron chi connectivity index (χ2n) is 7.33. The Morgan fingerprint density at radius 1 is 1.41 bits per heavy atom. The molecule has 1 N–H and O–H groups in total. The van der Waals surface area contributed by atoms with Crippen LogP contribution in [0.5, 0.6) is 0 Å². The van der Waals surface area contributed by atoms with Gasteiger partial charge in [-0.15, -0.1) is 0 Å². The number of halogens is 2. The predicted molar refractivity (Wildman–Crippen MR) is 101 cm³/mol. The molecule has 0 aliphatic carbocycles. The van der Waals surface area contributed by atoms with Crippen LogP contribution in [-0.2, 0) is 16.1 Å². The molecule has 2 aliphatic heterocycles. The number of benzene rings is 1. The number of nitrogens with zero attached hydrogens (tertiary/aromatic N) is 2. The zero-order valence-electron chi connectivity index (χ0n) is 14.9. The third-order valence-corrected chi connectivity index (χ3v) is 6.36. The minimum Gasteiger partial charge on any atom is -0.481 e. The second kappa shape index (κ2) is 7.09. The number of rotatable bonds is 4. The maximum absolute atomic E-state index is 12.0. The van der Waals surface area contributed by atoms with E-state index in [0.29, 0.717) is 53.3 Å². The van der Waals surface area contributed by atoms with Crippen LogP contribution in [0.4, 0.5) is 0 Å². The molecule has 8 heteroatoms. The monoisotopic (exact) mass is 410 g/mol. The van der Waals surface area contributed by atoms with E-state index in [2.05, 4.69) is 10.1 Å². The summed E-state index contributed by atoms with van der Waals surface area (Å²) < 4.78 is 10.9. The first-order chi connectivity index (χ1) is 12.9. The summed E-state index contributed by atoms with van der Waals surface area (Å²) in [5.41, 5.74) is 1.29. The summed E-state index contributed by atoms with van der Waals surface area (Å²) in [4.78, 5) is 14.1. The average Bonchev–Trinajstić information content (AvgIpc) is 3.17. The molecule has 0 radical (unpaired) electrons. The fourth-order valence-corrected chi connectivity index (χ4v) is 4.81. The fourth-order valence-electron chi connectivity index (χ4n) is 4.24. The molecule has 144 valence electrons. The Balaban J connectivity index is 1.65. The highest BCUT2D eigenvalue weighted by Gasteiger charge is 2.54. The van der Waals surface area contributed by atoms with Crippen molar-refractivity contribution in [3.05, 3.63) is 39.6 Å². The SMILES string of the molecule is Cc1onc(-c2c(Cl)cccc2Cl)c1CN1C[C@@H]2CCOC[C@]2(C(=O)O)C1. The fraction of sp³-hybridized carbons (Fsp3) is 0.474. The van der Waals surface area contributed by atoms with Gasteiger partial charge in [-0.05, 0) is 31.4 Å². The maximum atomic E-state index is 12.0. The van der Waals surface area contributed by atoms with Crippen molar-refractivity contribution in [3.8, 4) is 11.3 Å². The number of aromatic nitrogens is 1. The van der Waals surface area contributed by atoms with E-state index in [0.717, 1.165) is 12.0 Å². The van der Waals surface area contributed by atoms with Crippen molar-refractivity contribution in [2.24, 2.45) is 11.3 Å². The van der Waals surface area contributed by atoms with Crippen LogP contribution in [0.1, 0.15) is 17.7 Å². The van der Waals surface area contributed by atoms with E-state index < -0.39 is 11.4 Å². The minimum atomic E-state index is -0.842. The number of aryl methyl sites for hydroxylation is 1. The number of carbonyl (C=O) groups is 1. The molecule has 0 saturated carbocycles. The Labute approximate surface area is 167 Å². The molecule has 27 heavy (non-hydrogen) atoms. The molecule has 6 nitrogen and oxygen atoms in total. The van der Waals surface area contributed by atoms with Gasteiger partial charge in [0.05, 0.1) is 16.7 Å². The van der Waals surface area contributed by atoms with Gasteiger partial charge >= 0.3 is 5.97 Å². The summed E-state index contributed by atoms with van der Waals surface area (Å²) in [6, 6.07) is 5.30. The highest BCUT2D eigenvalue weighted by atomic mass is 35.5. The van der Waals surface area contributed by atoms with E-state index in [4.69, 9.17) is 32.5 Å². The van der Waals surface area contributed by atoms with Crippen molar-refractivity contribution in [1.29, 1.82) is 0 Å². The lowest BCUT2D eigenvalue weighted by Gasteiger charge is -2.34. The molecule has 0 spiro atoms. The summed E-state index contributed by atoms with van der Waals surface area (Å²) in [5, 5.41) is 15.0. The van der Waals surface area contributed by atoms with Gasteiger partial charge in [0.25, 0.3) is 0 Å². The lowest BCUT2D eigenvalue weighted by molar-refractivity contribution is -0.159. The van der Waals surface area contributed by atoms with Crippen LogP contribution in [0.3, 0.4) is 0 Å². The third-order valence-electron chi connectivity index (χ3n) is 5.73. The maximum Gasteiger partial charge on any atom is 0.313 e. The lowest BCUT2D eigenvalue weighted by Crippen LogP contribution is -2.46. The minimum absolute atomic E-state index is 0.0799.